The molecule has 1 fully saturated rings. The second-order valence-corrected chi connectivity index (χ2v) is 21.0. The minimum atomic E-state index is -2.92. The molecule has 3 aromatic rings. The second-order valence-electron chi connectivity index (χ2n) is 16.7. The summed E-state index contributed by atoms with van der Waals surface area (Å²) in [6.07, 6.45) is 18.9. The number of carbonyl (C=O) groups excluding carboxylic acids is 1. The standard InChI is InChI=1S/C46H70N2O8Si/c1-46(2,3)57(37-28-22-20-23-29-37,38-30-24-21-25-31-38)55-36-39-42(51)43(44(56-39)48-34-33-40(49)47-45(48)52)54-35-27-19-17-15-13-11-9-7-5-6-8-10-12-14-16-18-26-32-41(50)53-4/h20-25,28-31,33-34,39,42-44,51H,5-19,26-27,32,35-36H2,1-4H3,(H,47,49,52)/t39-,42+,43?,44-/m1/s1. The molecule has 2 aromatic carbocycles. The van der Waals surface area contributed by atoms with Crippen molar-refractivity contribution in [3.63, 3.8) is 0 Å². The number of unbranched alkanes of at least 4 members (excludes halogenated alkanes) is 16. The van der Waals surface area contributed by atoms with Crippen molar-refractivity contribution in [1.29, 1.82) is 0 Å². The molecule has 11 heteroatoms. The number of aliphatic hydroxyl groups is 1. The summed E-state index contributed by atoms with van der Waals surface area (Å²) in [5.74, 6) is -0.0981. The van der Waals surface area contributed by atoms with Gasteiger partial charge in [-0.2, -0.15) is 0 Å². The van der Waals surface area contributed by atoms with Gasteiger partial charge in [0.1, 0.15) is 18.3 Å². The van der Waals surface area contributed by atoms with E-state index >= 15 is 0 Å². The molecule has 0 aliphatic carbocycles. The predicted octanol–water partition coefficient (Wildman–Crippen LogP) is 7.95. The summed E-state index contributed by atoms with van der Waals surface area (Å²) in [6, 6.07) is 21.9. The molecule has 316 valence electrons. The van der Waals surface area contributed by atoms with Crippen LogP contribution in [-0.4, -0.2) is 67.6 Å². The number of aliphatic hydroxyl groups excluding tert-OH is 1. The zero-order valence-corrected chi connectivity index (χ0v) is 36.1. The summed E-state index contributed by atoms with van der Waals surface area (Å²) < 4.78 is 25.8. The van der Waals surface area contributed by atoms with Crippen LogP contribution in [0.3, 0.4) is 0 Å². The molecular weight excluding hydrogens is 737 g/mol. The van der Waals surface area contributed by atoms with Gasteiger partial charge in [0.05, 0.1) is 13.7 Å². The van der Waals surface area contributed by atoms with Gasteiger partial charge in [0.2, 0.25) is 0 Å². The van der Waals surface area contributed by atoms with Crippen LogP contribution in [0.1, 0.15) is 143 Å². The molecule has 0 amide bonds. The Bertz CT molecular complexity index is 1640. The second kappa shape index (κ2) is 24.5. The molecule has 1 unspecified atom stereocenters. The highest BCUT2D eigenvalue weighted by atomic mass is 28.4. The number of carbonyl (C=O) groups is 1. The SMILES string of the molecule is COC(=O)CCCCCCCCCCCCCCCCCCCOC1[C@@H](O)[C@@H](CO[Si](c2ccccc2)(c2ccccc2)C(C)(C)C)O[C@H]1n1ccc(=O)[nH]c1=O. The minimum absolute atomic E-state index is 0.0981. The average Bonchev–Trinajstić information content (AvgIpc) is 3.51. The van der Waals surface area contributed by atoms with E-state index in [0.29, 0.717) is 13.0 Å². The maximum absolute atomic E-state index is 12.9. The van der Waals surface area contributed by atoms with E-state index in [2.05, 4.69) is 50.0 Å². The highest BCUT2D eigenvalue weighted by Crippen LogP contribution is 2.38. The fourth-order valence-electron chi connectivity index (χ4n) is 8.20. The Morgan fingerprint density at radius 1 is 0.737 bits per heavy atom. The number of hydrogen-bond donors (Lipinski definition) is 2. The molecule has 57 heavy (non-hydrogen) atoms. The van der Waals surface area contributed by atoms with Gasteiger partial charge in [0.25, 0.3) is 13.9 Å². The monoisotopic (exact) mass is 806 g/mol. The fourth-order valence-corrected chi connectivity index (χ4v) is 12.8. The number of methoxy groups -OCH3 is 1. The van der Waals surface area contributed by atoms with Crippen LogP contribution in [0, 0.1) is 0 Å². The Labute approximate surface area is 341 Å². The highest BCUT2D eigenvalue weighted by molar-refractivity contribution is 6.99. The van der Waals surface area contributed by atoms with Crippen LogP contribution in [0.15, 0.2) is 82.5 Å². The maximum atomic E-state index is 12.9. The normalized spacial score (nSPS) is 18.5. The lowest BCUT2D eigenvalue weighted by Gasteiger charge is -2.43. The lowest BCUT2D eigenvalue weighted by Crippen LogP contribution is -2.67. The van der Waals surface area contributed by atoms with Gasteiger partial charge in [-0.15, -0.1) is 0 Å². The van der Waals surface area contributed by atoms with E-state index in [-0.39, 0.29) is 17.6 Å². The fraction of sp³-hybridized carbons (Fsp3) is 0.630. The lowest BCUT2D eigenvalue weighted by atomic mass is 10.0. The van der Waals surface area contributed by atoms with Gasteiger partial charge in [-0.3, -0.25) is 19.1 Å². The van der Waals surface area contributed by atoms with E-state index in [4.69, 9.17) is 18.6 Å². The van der Waals surface area contributed by atoms with Gasteiger partial charge in [-0.25, -0.2) is 4.79 Å². The third-order valence-electron chi connectivity index (χ3n) is 11.4. The van der Waals surface area contributed by atoms with Gasteiger partial charge in [-0.1, -0.05) is 178 Å². The lowest BCUT2D eigenvalue weighted by molar-refractivity contribution is -0.140. The molecule has 0 radical (unpaired) electrons. The smallest absolute Gasteiger partial charge is 0.330 e. The van der Waals surface area contributed by atoms with Crippen LogP contribution in [0.25, 0.3) is 0 Å². The summed E-state index contributed by atoms with van der Waals surface area (Å²) in [5.41, 5.74) is -1.11. The van der Waals surface area contributed by atoms with Crippen molar-refractivity contribution in [2.45, 2.75) is 166 Å². The van der Waals surface area contributed by atoms with E-state index in [9.17, 15) is 19.5 Å². The number of nitrogens with zero attached hydrogens (tertiary/aromatic N) is 1. The van der Waals surface area contributed by atoms with E-state index in [0.717, 1.165) is 42.5 Å². The van der Waals surface area contributed by atoms with Crippen molar-refractivity contribution in [3.05, 3.63) is 93.8 Å². The first-order valence-electron chi connectivity index (χ1n) is 21.7. The molecule has 4 rings (SSSR count). The Balaban J connectivity index is 1.20. The Morgan fingerprint density at radius 3 is 1.67 bits per heavy atom. The largest absolute Gasteiger partial charge is 0.469 e. The molecular formula is C46H70N2O8Si. The summed E-state index contributed by atoms with van der Waals surface area (Å²) in [4.78, 5) is 38.3. The average molecular weight is 807 g/mol. The van der Waals surface area contributed by atoms with Gasteiger partial charge in [-0.05, 0) is 28.3 Å². The molecule has 1 aliphatic rings. The third kappa shape index (κ3) is 14.2. The summed E-state index contributed by atoms with van der Waals surface area (Å²) in [6.45, 7) is 7.13. The Hall–Kier alpha value is -3.35. The van der Waals surface area contributed by atoms with E-state index in [1.807, 2.05) is 36.4 Å². The number of H-pyrrole nitrogens is 1. The first kappa shape index (κ1) is 46.3. The van der Waals surface area contributed by atoms with Crippen LogP contribution in [-0.2, 0) is 23.4 Å². The van der Waals surface area contributed by atoms with Crippen molar-refractivity contribution in [2.24, 2.45) is 0 Å². The molecule has 4 atom stereocenters. The van der Waals surface area contributed by atoms with E-state index in [1.165, 1.54) is 101 Å². The maximum Gasteiger partial charge on any atom is 0.330 e. The zero-order chi connectivity index (χ0) is 40.9. The molecule has 0 spiro atoms. The number of hydrogen-bond acceptors (Lipinski definition) is 8. The molecule has 0 bridgehead atoms. The third-order valence-corrected chi connectivity index (χ3v) is 16.4. The first-order valence-corrected chi connectivity index (χ1v) is 23.6. The van der Waals surface area contributed by atoms with Gasteiger partial charge in [0, 0.05) is 25.3 Å². The van der Waals surface area contributed by atoms with Crippen molar-refractivity contribution in [1.82, 2.24) is 9.55 Å². The first-order chi connectivity index (χ1) is 27.6. The molecule has 0 saturated carbocycles. The number of aromatic nitrogens is 2. The minimum Gasteiger partial charge on any atom is -0.469 e. The summed E-state index contributed by atoms with van der Waals surface area (Å²) in [7, 11) is -1.46. The highest BCUT2D eigenvalue weighted by Gasteiger charge is 2.52. The summed E-state index contributed by atoms with van der Waals surface area (Å²) in [5, 5.41) is 13.7. The van der Waals surface area contributed by atoms with Crippen LogP contribution in [0.5, 0.6) is 0 Å². The Morgan fingerprint density at radius 2 is 1.21 bits per heavy atom. The van der Waals surface area contributed by atoms with Crippen molar-refractivity contribution >= 4 is 24.7 Å². The number of aromatic amines is 1. The van der Waals surface area contributed by atoms with Gasteiger partial charge >= 0.3 is 11.7 Å². The molecule has 10 nitrogen and oxygen atoms in total. The van der Waals surface area contributed by atoms with Gasteiger partial charge in [0.15, 0.2) is 6.23 Å². The number of rotatable bonds is 27. The summed E-state index contributed by atoms with van der Waals surface area (Å²) >= 11 is 0. The molecule has 1 aliphatic heterocycles. The molecule has 1 saturated heterocycles. The number of nitrogens with one attached hydrogen (secondary N) is 1. The quantitative estimate of drug-likeness (QED) is 0.0452. The van der Waals surface area contributed by atoms with Crippen LogP contribution < -0.4 is 21.6 Å². The molecule has 1 aromatic heterocycles. The Kier molecular flexibility index (Phi) is 19.9. The number of esters is 1. The zero-order valence-electron chi connectivity index (χ0n) is 35.1. The predicted molar refractivity (Wildman–Crippen MR) is 230 cm³/mol. The number of ether oxygens (including phenoxy) is 3. The van der Waals surface area contributed by atoms with Crippen LogP contribution in [0.2, 0.25) is 5.04 Å². The molecule has 2 heterocycles. The van der Waals surface area contributed by atoms with Crippen molar-refractivity contribution in [3.8, 4) is 0 Å². The van der Waals surface area contributed by atoms with E-state index < -0.39 is 44.1 Å². The van der Waals surface area contributed by atoms with Gasteiger partial charge < -0.3 is 23.7 Å². The topological polar surface area (TPSA) is 129 Å². The van der Waals surface area contributed by atoms with Crippen LogP contribution in [0.4, 0.5) is 0 Å². The van der Waals surface area contributed by atoms with Crippen molar-refractivity contribution < 1.29 is 28.5 Å². The van der Waals surface area contributed by atoms with E-state index in [1.54, 1.807) is 0 Å². The van der Waals surface area contributed by atoms with Crippen molar-refractivity contribution in [2.75, 3.05) is 20.3 Å². The van der Waals surface area contributed by atoms with Crippen LogP contribution >= 0.6 is 0 Å². The molecule has 2 N–H and O–H groups in total. The number of benzene rings is 2.